The molecule has 6 fully saturated rings. The van der Waals surface area contributed by atoms with Gasteiger partial charge < -0.3 is 29.8 Å². The van der Waals surface area contributed by atoms with Crippen molar-refractivity contribution in [3.63, 3.8) is 0 Å². The number of carbonyl (C=O) groups excluding carboxylic acids is 6. The van der Waals surface area contributed by atoms with Gasteiger partial charge in [-0.15, -0.1) is 0 Å². The van der Waals surface area contributed by atoms with E-state index in [1.165, 1.54) is 24.3 Å². The molecule has 2 N–H and O–H groups in total. The van der Waals surface area contributed by atoms with Gasteiger partial charge >= 0.3 is 0 Å². The number of likely N-dealkylation sites (N-methyl/N-ethyl adjacent to an activating group) is 2. The zero-order valence-corrected chi connectivity index (χ0v) is 86.9. The second-order valence-corrected chi connectivity index (χ2v) is 41.8. The van der Waals surface area contributed by atoms with Crippen LogP contribution in [0.1, 0.15) is 239 Å². The second kappa shape index (κ2) is 56.2. The highest BCUT2D eigenvalue weighted by Gasteiger charge is 2.36. The van der Waals surface area contributed by atoms with E-state index >= 15 is 0 Å². The number of carbonyl (C=O) groups is 6. The molecule has 136 heavy (non-hydrogen) atoms. The molecule has 6 aliphatic heterocycles. The van der Waals surface area contributed by atoms with Crippen LogP contribution in [0.2, 0.25) is 0 Å². The predicted octanol–water partition coefficient (Wildman–Crippen LogP) is 18.1. The van der Waals surface area contributed by atoms with Crippen molar-refractivity contribution in [3.05, 3.63) is 211 Å². The molecule has 6 aromatic rings. The number of benzene rings is 6. The van der Waals surface area contributed by atoms with Crippen molar-refractivity contribution in [2.75, 3.05) is 184 Å². The number of hydrogen-bond donors (Lipinski definition) is 2. The number of aliphatic hydroxyl groups is 2. The highest BCUT2D eigenvalue weighted by molar-refractivity contribution is 5.90. The fourth-order valence-corrected chi connectivity index (χ4v) is 18.3. The van der Waals surface area contributed by atoms with Crippen molar-refractivity contribution in [2.45, 2.75) is 238 Å². The Kier molecular flexibility index (Phi) is 47.7. The molecule has 756 valence electrons. The Morgan fingerprint density at radius 3 is 0.537 bits per heavy atom. The number of ketones is 6. The predicted molar refractivity (Wildman–Crippen MR) is 540 cm³/mol. The number of nitrogens with zero attached hydrogens (tertiary/aromatic N) is 10. The quantitative estimate of drug-likeness (QED) is 0.0381. The van der Waals surface area contributed by atoms with Gasteiger partial charge in [0.2, 0.25) is 0 Å². The Balaban J connectivity index is 0.000000222. The minimum absolute atomic E-state index is 0.0400. The molecule has 24 heteroatoms. The molecule has 0 spiro atoms. The molecule has 6 atom stereocenters. The summed E-state index contributed by atoms with van der Waals surface area (Å²) in [6, 6.07) is 32.2. The van der Waals surface area contributed by atoms with E-state index in [0.717, 1.165) is 190 Å². The van der Waals surface area contributed by atoms with Gasteiger partial charge in [-0.05, 0) is 212 Å². The van der Waals surface area contributed by atoms with Gasteiger partial charge in [-0.25, -0.2) is 26.3 Å². The molecular weight excluding hydrogens is 1730 g/mol. The second-order valence-electron chi connectivity index (χ2n) is 41.8. The lowest BCUT2D eigenvalue weighted by molar-refractivity contribution is -0.124. The molecule has 0 aromatic heterocycles. The first kappa shape index (κ1) is 115. The lowest BCUT2D eigenvalue weighted by Gasteiger charge is -2.38. The molecule has 6 aliphatic rings. The number of halogens is 6. The van der Waals surface area contributed by atoms with Crippen LogP contribution in [0.15, 0.2) is 109 Å². The first-order valence-corrected chi connectivity index (χ1v) is 50.5. The van der Waals surface area contributed by atoms with E-state index in [-0.39, 0.29) is 153 Å². The average molecular weight is 1900 g/mol. The van der Waals surface area contributed by atoms with E-state index in [1.807, 2.05) is 119 Å². The van der Waals surface area contributed by atoms with Crippen LogP contribution in [0, 0.1) is 112 Å². The number of hydrogen-bond acceptors (Lipinski definition) is 18. The molecule has 0 aliphatic carbocycles. The number of aryl methyl sites for hydroxylation is 6. The third-order valence-corrected chi connectivity index (χ3v) is 28.3. The van der Waals surface area contributed by atoms with Gasteiger partial charge in [-0.3, -0.25) is 58.2 Å². The SMILES string of the molecule is Cc1ccc([C@@H](CN2CCC(O)CC2)C(=O)C(C)C)cc1F.Cc1ccc([C@@H](CN2CCN(C(C)C)CC2)C(=O)C(C)C)cc1F.Cc1ccc([C@@H](CN2CCN(C)CC2)C(=O)C(C)C)cc1F.Cc1ccc([C@H](CN2CCC(O)CC2)C(=O)C(C)C)cc1F.Cc1ccc([C@H](CN2CCN(C(C)C)CC2)C(=O)C(C)C)cc1F.Cc1ccc([C@H](CN2CCN(C)CC2)C(=O)C(C)C)cc1F. The fraction of sp³-hybridized carbons (Fsp3) is 0.625. The third kappa shape index (κ3) is 36.2. The summed E-state index contributed by atoms with van der Waals surface area (Å²) in [5.74, 6) is -2.22. The maximum Gasteiger partial charge on any atom is 0.144 e. The highest BCUT2D eigenvalue weighted by Crippen LogP contribution is 2.33. The van der Waals surface area contributed by atoms with E-state index in [1.54, 1.807) is 90.1 Å². The Hall–Kier alpha value is -7.56. The van der Waals surface area contributed by atoms with E-state index in [4.69, 9.17) is 0 Å². The highest BCUT2D eigenvalue weighted by atomic mass is 19.1. The number of aliphatic hydroxyl groups excluding tert-OH is 2. The van der Waals surface area contributed by atoms with Crippen molar-refractivity contribution < 1.29 is 65.3 Å². The first-order chi connectivity index (χ1) is 64.1. The molecule has 0 amide bonds. The van der Waals surface area contributed by atoms with Crippen LogP contribution in [-0.4, -0.2) is 302 Å². The third-order valence-electron chi connectivity index (χ3n) is 28.3. The smallest absolute Gasteiger partial charge is 0.144 e. The van der Waals surface area contributed by atoms with Crippen molar-refractivity contribution in [3.8, 4) is 0 Å². The lowest BCUT2D eigenvalue weighted by Crippen LogP contribution is -2.50. The molecule has 6 heterocycles. The Morgan fingerprint density at radius 2 is 0.397 bits per heavy atom. The molecule has 6 aromatic carbocycles. The summed E-state index contributed by atoms with van der Waals surface area (Å²) in [7, 11) is 4.23. The molecule has 0 bridgehead atoms. The monoisotopic (exact) mass is 1900 g/mol. The fourth-order valence-electron chi connectivity index (χ4n) is 18.3. The molecule has 12 rings (SSSR count). The van der Waals surface area contributed by atoms with Crippen molar-refractivity contribution in [1.29, 1.82) is 0 Å². The van der Waals surface area contributed by atoms with Crippen LogP contribution in [0.3, 0.4) is 0 Å². The van der Waals surface area contributed by atoms with Gasteiger partial charge in [0.15, 0.2) is 0 Å². The average Bonchev–Trinajstić information content (AvgIpc) is 0.836. The van der Waals surface area contributed by atoms with Gasteiger partial charge in [-0.1, -0.05) is 156 Å². The van der Waals surface area contributed by atoms with Crippen LogP contribution in [0.25, 0.3) is 0 Å². The van der Waals surface area contributed by atoms with Gasteiger partial charge in [-0.2, -0.15) is 0 Å². The number of rotatable bonds is 32. The van der Waals surface area contributed by atoms with E-state index in [2.05, 4.69) is 90.8 Å². The van der Waals surface area contributed by atoms with E-state index in [9.17, 15) is 65.3 Å². The Morgan fingerprint density at radius 1 is 0.250 bits per heavy atom. The van der Waals surface area contributed by atoms with Crippen LogP contribution in [0.5, 0.6) is 0 Å². The van der Waals surface area contributed by atoms with Crippen LogP contribution < -0.4 is 0 Å². The summed E-state index contributed by atoms with van der Waals surface area (Å²) in [4.78, 5) is 99.1. The zero-order chi connectivity index (χ0) is 101. The van der Waals surface area contributed by atoms with Crippen LogP contribution in [0.4, 0.5) is 26.3 Å². The number of piperidine rings is 2. The van der Waals surface area contributed by atoms with Crippen LogP contribution in [-0.2, 0) is 28.8 Å². The van der Waals surface area contributed by atoms with E-state index in [0.29, 0.717) is 84.7 Å². The molecule has 18 nitrogen and oxygen atoms in total. The molecule has 6 saturated heterocycles. The summed E-state index contributed by atoms with van der Waals surface area (Å²) in [6.07, 6.45) is 2.51. The number of Topliss-reactive ketones (excluding diaryl/α,β-unsaturated/α-hetero) is 6. The molecule has 0 radical (unpaired) electrons. The maximum atomic E-state index is 14.0. The molecule has 0 unspecified atom stereocenters. The summed E-state index contributed by atoms with van der Waals surface area (Å²) < 4.78 is 83.5. The Labute approximate surface area is 813 Å². The van der Waals surface area contributed by atoms with E-state index < -0.39 is 0 Å². The van der Waals surface area contributed by atoms with Gasteiger partial charge in [0.05, 0.1) is 47.7 Å². The van der Waals surface area contributed by atoms with Gasteiger partial charge in [0, 0.05) is 218 Å². The van der Waals surface area contributed by atoms with Crippen molar-refractivity contribution in [1.82, 2.24) is 49.0 Å². The summed E-state index contributed by atoms with van der Waals surface area (Å²) in [5, 5.41) is 19.2. The zero-order valence-electron chi connectivity index (χ0n) is 86.9. The largest absolute Gasteiger partial charge is 0.393 e. The molecular formula is C112H168F6N10O8. The van der Waals surface area contributed by atoms with Crippen molar-refractivity contribution in [2.24, 2.45) is 35.5 Å². The first-order valence-electron chi connectivity index (χ1n) is 50.5. The minimum atomic E-state index is -0.301. The lowest BCUT2D eigenvalue weighted by atomic mass is 9.87. The summed E-state index contributed by atoms with van der Waals surface area (Å²) in [5.41, 5.74) is 8.44. The standard InChI is InChI=1S/2C20H31FN2O.2C18H27FN2O.2C18H26FNO2/c2*1-14(2)20(24)18(17-7-6-16(5)19(21)12-17)13-22-8-10-23(11-9-22)15(3)4;2*1-13(2)18(22)16(12-21-9-7-20(4)8-10-21)15-6-5-14(3)17(19)11-15;2*1-12(2)18(22)16(11-20-8-6-15(21)7-9-20)14-5-4-13(3)17(19)10-14/h2*6-7,12,14-15,18H,8-11,13H2,1-5H3;2*5-6,11,13,16H,7-10,12H2,1-4H3;2*4-5,10,12,15-16,21H,6-9,11H2,1-3H3/t2*18-;4*16-/m101010/s1. The van der Waals surface area contributed by atoms with Gasteiger partial charge in [0.1, 0.15) is 69.6 Å². The minimum Gasteiger partial charge on any atom is -0.393 e. The summed E-state index contributed by atoms with van der Waals surface area (Å²) >= 11 is 0. The van der Waals surface area contributed by atoms with Crippen LogP contribution >= 0.6 is 0 Å². The van der Waals surface area contributed by atoms with Gasteiger partial charge in [0.25, 0.3) is 0 Å². The topological polar surface area (TPSA) is 175 Å². The maximum absolute atomic E-state index is 14.0. The normalized spacial score (nSPS) is 18.5. The Bertz CT molecular complexity index is 4240. The number of piperazine rings is 4. The number of likely N-dealkylation sites (tertiary alicyclic amines) is 2. The summed E-state index contributed by atoms with van der Waals surface area (Å²) in [6.45, 7) is 65.3. The molecule has 0 saturated carbocycles. The van der Waals surface area contributed by atoms with Crippen molar-refractivity contribution >= 4 is 34.7 Å².